The van der Waals surface area contributed by atoms with Crippen molar-refractivity contribution in [2.75, 3.05) is 56.7 Å². The predicted octanol–water partition coefficient (Wildman–Crippen LogP) is 0.871. The largest absolute Gasteiger partial charge is 0.497 e. The van der Waals surface area contributed by atoms with Gasteiger partial charge in [0.1, 0.15) is 11.4 Å². The van der Waals surface area contributed by atoms with E-state index >= 15 is 0 Å². The van der Waals surface area contributed by atoms with E-state index < -0.39 is 17.2 Å². The Morgan fingerprint density at radius 3 is 2.52 bits per heavy atom. The Kier molecular flexibility index (Phi) is 7.34. The van der Waals surface area contributed by atoms with Crippen molar-refractivity contribution in [3.8, 4) is 5.75 Å². The van der Waals surface area contributed by atoms with Gasteiger partial charge in [0.05, 0.1) is 25.9 Å². The fourth-order valence-electron chi connectivity index (χ4n) is 5.04. The Labute approximate surface area is 228 Å². The maximum Gasteiger partial charge on any atom is 0.356 e. The molecule has 0 atom stereocenters. The van der Waals surface area contributed by atoms with Gasteiger partial charge in [-0.25, -0.2) is 9.59 Å². The highest BCUT2D eigenvalue weighted by Gasteiger charge is 2.26. The highest BCUT2D eigenvalue weighted by molar-refractivity contribution is 6.11. The first kappa shape index (κ1) is 27.0. The number of anilines is 2. The van der Waals surface area contributed by atoms with Crippen LogP contribution in [0.1, 0.15) is 24.3 Å². The van der Waals surface area contributed by atoms with Gasteiger partial charge in [-0.15, -0.1) is 0 Å². The van der Waals surface area contributed by atoms with Crippen LogP contribution in [0.15, 0.2) is 27.8 Å². The monoisotopic (exact) mass is 552 g/mol. The zero-order valence-electron chi connectivity index (χ0n) is 22.9. The second-order valence-corrected chi connectivity index (χ2v) is 9.46. The Morgan fingerprint density at radius 2 is 1.85 bits per heavy atom. The number of carbonyl (C=O) groups is 2. The number of hydrogen-bond acceptors (Lipinski definition) is 9. The number of aromatic amines is 2. The number of nitrogens with zero attached hydrogens (tertiary/aromatic N) is 5. The lowest BCUT2D eigenvalue weighted by Gasteiger charge is -2.35. The molecule has 4 aromatic rings. The van der Waals surface area contributed by atoms with E-state index in [0.29, 0.717) is 72.2 Å². The number of H-pyrrole nitrogens is 2. The molecule has 3 aromatic heterocycles. The lowest BCUT2D eigenvalue weighted by Crippen LogP contribution is -2.49. The third-order valence-corrected chi connectivity index (χ3v) is 7.08. The molecule has 0 spiro atoms. The quantitative estimate of drug-likeness (QED) is 0.270. The number of hydrogen-bond donors (Lipinski definition) is 3. The van der Waals surface area contributed by atoms with Gasteiger partial charge in [0.15, 0.2) is 11.2 Å². The molecule has 1 aromatic carbocycles. The molecule has 3 N–H and O–H groups in total. The van der Waals surface area contributed by atoms with E-state index in [9.17, 15) is 19.2 Å². The SMILES string of the molecule is CCOC(=O)c1[nH]c2ccc(OC)cc2c1NC(=O)CN1CCN(c2nc3c(c(=O)[nH]c(=O)n3C)n2CC)CC1. The van der Waals surface area contributed by atoms with Gasteiger partial charge in [-0.3, -0.25) is 24.0 Å². The Bertz CT molecular complexity index is 1710. The van der Waals surface area contributed by atoms with Crippen molar-refractivity contribution in [3.63, 3.8) is 0 Å². The number of aromatic nitrogens is 5. The number of rotatable bonds is 8. The van der Waals surface area contributed by atoms with Gasteiger partial charge in [0.2, 0.25) is 11.9 Å². The minimum Gasteiger partial charge on any atom is -0.497 e. The molecule has 0 aliphatic carbocycles. The smallest absolute Gasteiger partial charge is 0.356 e. The summed E-state index contributed by atoms with van der Waals surface area (Å²) < 4.78 is 13.6. The Balaban J connectivity index is 1.31. The molecule has 1 aliphatic heterocycles. The number of carbonyl (C=O) groups excluding carboxylic acids is 2. The molecule has 0 bridgehead atoms. The van der Waals surface area contributed by atoms with Crippen LogP contribution in [0.25, 0.3) is 22.1 Å². The first-order valence-electron chi connectivity index (χ1n) is 13.1. The van der Waals surface area contributed by atoms with E-state index in [2.05, 4.69) is 20.3 Å². The van der Waals surface area contributed by atoms with Crippen molar-refractivity contribution >= 4 is 45.6 Å². The van der Waals surface area contributed by atoms with Crippen LogP contribution in [-0.4, -0.2) is 87.3 Å². The second kappa shape index (κ2) is 10.9. The Hall–Kier alpha value is -4.59. The van der Waals surface area contributed by atoms with Gasteiger partial charge in [0, 0.05) is 50.7 Å². The maximum atomic E-state index is 13.1. The van der Waals surface area contributed by atoms with Gasteiger partial charge < -0.3 is 29.2 Å². The van der Waals surface area contributed by atoms with Crippen molar-refractivity contribution in [2.45, 2.75) is 20.4 Å². The molecule has 1 fully saturated rings. The highest BCUT2D eigenvalue weighted by Crippen LogP contribution is 2.31. The van der Waals surface area contributed by atoms with Gasteiger partial charge in [-0.1, -0.05) is 0 Å². The average Bonchev–Trinajstić information content (AvgIpc) is 3.51. The summed E-state index contributed by atoms with van der Waals surface area (Å²) in [6.45, 7) is 6.74. The van der Waals surface area contributed by atoms with E-state index in [1.165, 1.54) is 4.57 Å². The lowest BCUT2D eigenvalue weighted by atomic mass is 10.2. The number of aryl methyl sites for hydroxylation is 2. The van der Waals surface area contributed by atoms with Crippen LogP contribution < -0.4 is 26.2 Å². The number of piperazine rings is 1. The minimum absolute atomic E-state index is 0.116. The summed E-state index contributed by atoms with van der Waals surface area (Å²) in [7, 11) is 3.12. The van der Waals surface area contributed by atoms with Crippen LogP contribution in [0.3, 0.4) is 0 Å². The van der Waals surface area contributed by atoms with Gasteiger partial charge in [-0.05, 0) is 32.0 Å². The van der Waals surface area contributed by atoms with Gasteiger partial charge in [-0.2, -0.15) is 4.98 Å². The number of esters is 1. The molecule has 4 heterocycles. The van der Waals surface area contributed by atoms with Crippen molar-refractivity contribution in [1.82, 2.24) is 29.0 Å². The first-order chi connectivity index (χ1) is 19.2. The molecule has 1 amide bonds. The number of methoxy groups -OCH3 is 1. The molecule has 0 unspecified atom stereocenters. The fraction of sp³-hybridized carbons (Fsp3) is 0.423. The van der Waals surface area contributed by atoms with Gasteiger partial charge in [0.25, 0.3) is 5.56 Å². The maximum absolute atomic E-state index is 13.1. The molecule has 212 valence electrons. The standard InChI is InChI=1S/C26H32N8O6/c1-5-34-21-22(31(3)26(38)30-23(21)36)29-25(34)33-11-9-32(10-12-33)14-18(35)28-19-16-13-15(39-4)7-8-17(16)27-20(19)24(37)40-6-2/h7-8,13,27H,5-6,9-12,14H2,1-4H3,(H,28,35)(H,30,36,38). The molecule has 0 saturated carbocycles. The highest BCUT2D eigenvalue weighted by atomic mass is 16.5. The first-order valence-corrected chi connectivity index (χ1v) is 13.1. The van der Waals surface area contributed by atoms with Crippen LogP contribution in [0.4, 0.5) is 11.6 Å². The van der Waals surface area contributed by atoms with Crippen molar-refractivity contribution < 1.29 is 19.1 Å². The number of ether oxygens (including phenoxy) is 2. The number of nitrogens with one attached hydrogen (secondary N) is 3. The third kappa shape index (κ3) is 4.81. The van der Waals surface area contributed by atoms with Gasteiger partial charge >= 0.3 is 11.7 Å². The summed E-state index contributed by atoms with van der Waals surface area (Å²) in [6, 6.07) is 5.30. The zero-order valence-corrected chi connectivity index (χ0v) is 22.9. The third-order valence-electron chi connectivity index (χ3n) is 7.08. The summed E-state index contributed by atoms with van der Waals surface area (Å²) in [6.07, 6.45) is 0. The predicted molar refractivity (Wildman–Crippen MR) is 149 cm³/mol. The molecule has 0 radical (unpaired) electrons. The molecular weight excluding hydrogens is 520 g/mol. The van der Waals surface area contributed by atoms with Crippen LogP contribution in [0.5, 0.6) is 5.75 Å². The number of benzene rings is 1. The zero-order chi connectivity index (χ0) is 28.6. The van der Waals surface area contributed by atoms with Crippen LogP contribution in [0, 0.1) is 0 Å². The van der Waals surface area contributed by atoms with Crippen LogP contribution in [-0.2, 0) is 23.1 Å². The van der Waals surface area contributed by atoms with E-state index in [0.717, 1.165) is 0 Å². The molecular formula is C26H32N8O6. The number of imidazole rings is 1. The van der Waals surface area contributed by atoms with Crippen molar-refractivity contribution in [3.05, 3.63) is 44.7 Å². The van der Waals surface area contributed by atoms with Crippen LogP contribution in [0.2, 0.25) is 0 Å². The Morgan fingerprint density at radius 1 is 1.10 bits per heavy atom. The van der Waals surface area contributed by atoms with E-state index in [4.69, 9.17) is 9.47 Å². The van der Waals surface area contributed by atoms with E-state index in [1.54, 1.807) is 43.8 Å². The number of fused-ring (bicyclic) bond motifs is 2. The summed E-state index contributed by atoms with van der Waals surface area (Å²) in [5.41, 5.74) is 0.901. The van der Waals surface area contributed by atoms with Crippen molar-refractivity contribution in [1.29, 1.82) is 0 Å². The summed E-state index contributed by atoms with van der Waals surface area (Å²) in [5.74, 6) is 0.371. The average molecular weight is 553 g/mol. The minimum atomic E-state index is -0.559. The molecule has 5 rings (SSSR count). The molecule has 14 nitrogen and oxygen atoms in total. The molecule has 1 aliphatic rings. The molecule has 14 heteroatoms. The number of amides is 1. The normalized spacial score (nSPS) is 14.2. The summed E-state index contributed by atoms with van der Waals surface area (Å²) in [4.78, 5) is 64.4. The second-order valence-electron chi connectivity index (χ2n) is 9.46. The molecule has 40 heavy (non-hydrogen) atoms. The van der Waals surface area contributed by atoms with Crippen LogP contribution >= 0.6 is 0 Å². The van der Waals surface area contributed by atoms with Crippen molar-refractivity contribution in [2.24, 2.45) is 7.05 Å². The lowest BCUT2D eigenvalue weighted by molar-refractivity contribution is -0.117. The fourth-order valence-corrected chi connectivity index (χ4v) is 5.04. The van der Waals surface area contributed by atoms with E-state index in [-0.39, 0.29) is 24.8 Å². The summed E-state index contributed by atoms with van der Waals surface area (Å²) >= 11 is 0. The topological polar surface area (TPSA) is 160 Å². The summed E-state index contributed by atoms with van der Waals surface area (Å²) in [5, 5.41) is 3.54. The van der Waals surface area contributed by atoms with E-state index in [1.807, 2.05) is 16.7 Å². The molecule has 1 saturated heterocycles.